The second kappa shape index (κ2) is 8.04. The Labute approximate surface area is 136 Å². The van der Waals surface area contributed by atoms with Crippen molar-refractivity contribution in [3.05, 3.63) is 59.7 Å². The molecule has 0 aliphatic rings. The van der Waals surface area contributed by atoms with E-state index in [0.717, 1.165) is 17.0 Å². The van der Waals surface area contributed by atoms with Gasteiger partial charge < -0.3 is 15.2 Å². The fourth-order valence-electron chi connectivity index (χ4n) is 2.22. The molecule has 2 N–H and O–H groups in total. The van der Waals surface area contributed by atoms with Crippen molar-refractivity contribution >= 4 is 0 Å². The van der Waals surface area contributed by atoms with E-state index in [-0.39, 0.29) is 18.0 Å². The van der Waals surface area contributed by atoms with Crippen LogP contribution in [0.3, 0.4) is 0 Å². The zero-order chi connectivity index (χ0) is 16.8. The minimum absolute atomic E-state index is 0.0830. The molecule has 1 aromatic heterocycles. The molecule has 0 radical (unpaired) electrons. The first-order chi connectivity index (χ1) is 11.0. The first-order valence-electron chi connectivity index (χ1n) is 7.75. The lowest BCUT2D eigenvalue weighted by Gasteiger charge is -2.18. The Balaban J connectivity index is 1.93. The molecule has 0 saturated carbocycles. The van der Waals surface area contributed by atoms with Gasteiger partial charge >= 0.3 is 0 Å². The van der Waals surface area contributed by atoms with Crippen molar-refractivity contribution in [3.63, 3.8) is 0 Å². The molecule has 0 aliphatic carbocycles. The number of aromatic nitrogens is 1. The zero-order valence-electron chi connectivity index (χ0n) is 13.7. The number of ether oxygens (including phenoxy) is 1. The van der Waals surface area contributed by atoms with Crippen LogP contribution in [0.5, 0.6) is 5.75 Å². The lowest BCUT2D eigenvalue weighted by molar-refractivity contribution is 0.169. The number of benzene rings is 1. The maximum absolute atomic E-state index is 12.9. The first-order valence-corrected chi connectivity index (χ1v) is 7.75. The maximum Gasteiger partial charge on any atom is 0.141 e. The van der Waals surface area contributed by atoms with Gasteiger partial charge in [-0.1, -0.05) is 12.1 Å². The van der Waals surface area contributed by atoms with Crippen molar-refractivity contribution in [2.45, 2.75) is 39.0 Å². The Morgan fingerprint density at radius 2 is 2.00 bits per heavy atom. The summed E-state index contributed by atoms with van der Waals surface area (Å²) in [5.74, 6) is 0.382. The van der Waals surface area contributed by atoms with Crippen molar-refractivity contribution in [1.29, 1.82) is 0 Å². The van der Waals surface area contributed by atoms with E-state index in [1.54, 1.807) is 6.07 Å². The number of pyridine rings is 1. The molecule has 1 heterocycles. The van der Waals surface area contributed by atoms with Crippen LogP contribution in [0.2, 0.25) is 0 Å². The summed E-state index contributed by atoms with van der Waals surface area (Å²) < 4.78 is 18.5. The number of hydrogen-bond donors (Lipinski definition) is 2. The number of nitrogens with one attached hydrogen (secondary N) is 1. The Hall–Kier alpha value is -1.98. The largest absolute Gasteiger partial charge is 0.491 e. The predicted molar refractivity (Wildman–Crippen MR) is 87.8 cm³/mol. The summed E-state index contributed by atoms with van der Waals surface area (Å²) in [7, 11) is 0. The Kier molecular flexibility index (Phi) is 6.07. The molecule has 2 unspecified atom stereocenters. The van der Waals surface area contributed by atoms with Crippen LogP contribution in [-0.2, 0) is 0 Å². The Morgan fingerprint density at radius 1 is 1.22 bits per heavy atom. The average Bonchev–Trinajstić information content (AvgIpc) is 2.52. The summed E-state index contributed by atoms with van der Waals surface area (Å²) in [6, 6.07) is 10.4. The quantitative estimate of drug-likeness (QED) is 0.821. The SMILES string of the molecule is CC(C)Oc1cccc(C(O)CNC(C)c2ccc(F)cn2)c1. The Bertz CT molecular complexity index is 617. The van der Waals surface area contributed by atoms with Crippen LogP contribution in [0.25, 0.3) is 0 Å². The molecule has 0 aliphatic heterocycles. The lowest BCUT2D eigenvalue weighted by Crippen LogP contribution is -2.25. The van der Waals surface area contributed by atoms with E-state index in [9.17, 15) is 9.50 Å². The normalized spacial score (nSPS) is 13.8. The Morgan fingerprint density at radius 3 is 2.65 bits per heavy atom. The molecule has 0 amide bonds. The standard InChI is InChI=1S/C18H23FN2O2/c1-12(2)23-16-6-4-5-14(9-16)18(22)11-20-13(3)17-8-7-15(19)10-21-17/h4-10,12-13,18,20,22H,11H2,1-3H3. The minimum atomic E-state index is -0.659. The maximum atomic E-state index is 12.9. The third-order valence-corrected chi connectivity index (χ3v) is 3.43. The van der Waals surface area contributed by atoms with Gasteiger partial charge in [0.05, 0.1) is 24.1 Å². The lowest BCUT2D eigenvalue weighted by atomic mass is 10.1. The van der Waals surface area contributed by atoms with E-state index in [4.69, 9.17) is 4.74 Å². The van der Waals surface area contributed by atoms with Crippen LogP contribution in [0.15, 0.2) is 42.6 Å². The van der Waals surface area contributed by atoms with Crippen molar-refractivity contribution in [2.75, 3.05) is 6.54 Å². The van der Waals surface area contributed by atoms with Gasteiger partial charge in [-0.25, -0.2) is 4.39 Å². The van der Waals surface area contributed by atoms with E-state index in [2.05, 4.69) is 10.3 Å². The van der Waals surface area contributed by atoms with E-state index in [0.29, 0.717) is 6.54 Å². The molecule has 0 fully saturated rings. The predicted octanol–water partition coefficient (Wildman–Crippen LogP) is 3.39. The number of halogens is 1. The summed E-state index contributed by atoms with van der Waals surface area (Å²) in [5.41, 5.74) is 1.52. The summed E-state index contributed by atoms with van der Waals surface area (Å²) in [6.45, 7) is 6.21. The smallest absolute Gasteiger partial charge is 0.141 e. The van der Waals surface area contributed by atoms with E-state index >= 15 is 0 Å². The molecule has 0 spiro atoms. The van der Waals surface area contributed by atoms with Gasteiger partial charge in [0.25, 0.3) is 0 Å². The first kappa shape index (κ1) is 17.4. The summed E-state index contributed by atoms with van der Waals surface area (Å²) in [5, 5.41) is 13.5. The fourth-order valence-corrected chi connectivity index (χ4v) is 2.22. The molecule has 5 heteroatoms. The monoisotopic (exact) mass is 318 g/mol. The summed E-state index contributed by atoms with van der Waals surface area (Å²) >= 11 is 0. The molecule has 0 saturated heterocycles. The van der Waals surface area contributed by atoms with Crippen molar-refractivity contribution < 1.29 is 14.2 Å². The van der Waals surface area contributed by atoms with Crippen LogP contribution >= 0.6 is 0 Å². The van der Waals surface area contributed by atoms with Crippen LogP contribution in [0, 0.1) is 5.82 Å². The van der Waals surface area contributed by atoms with Gasteiger partial charge in [0.2, 0.25) is 0 Å². The van der Waals surface area contributed by atoms with Crippen LogP contribution in [-0.4, -0.2) is 22.7 Å². The van der Waals surface area contributed by atoms with Crippen LogP contribution in [0.4, 0.5) is 4.39 Å². The number of rotatable bonds is 7. The van der Waals surface area contributed by atoms with E-state index < -0.39 is 6.10 Å². The van der Waals surface area contributed by atoms with Gasteiger partial charge in [-0.05, 0) is 50.6 Å². The van der Waals surface area contributed by atoms with Gasteiger partial charge in [0.1, 0.15) is 11.6 Å². The third-order valence-electron chi connectivity index (χ3n) is 3.43. The fraction of sp³-hybridized carbons (Fsp3) is 0.389. The highest BCUT2D eigenvalue weighted by Crippen LogP contribution is 2.20. The number of aliphatic hydroxyl groups is 1. The molecule has 124 valence electrons. The van der Waals surface area contributed by atoms with E-state index in [1.165, 1.54) is 12.3 Å². The molecule has 1 aromatic carbocycles. The van der Waals surface area contributed by atoms with Gasteiger partial charge in [0, 0.05) is 12.6 Å². The highest BCUT2D eigenvalue weighted by Gasteiger charge is 2.12. The highest BCUT2D eigenvalue weighted by atomic mass is 19.1. The summed E-state index contributed by atoms with van der Waals surface area (Å²) in [6.07, 6.45) is 0.620. The van der Waals surface area contributed by atoms with Crippen molar-refractivity contribution in [2.24, 2.45) is 0 Å². The highest BCUT2D eigenvalue weighted by molar-refractivity contribution is 5.30. The molecule has 2 aromatic rings. The molecular weight excluding hydrogens is 295 g/mol. The summed E-state index contributed by atoms with van der Waals surface area (Å²) in [4.78, 5) is 4.04. The zero-order valence-corrected chi connectivity index (χ0v) is 13.7. The second-order valence-corrected chi connectivity index (χ2v) is 5.79. The second-order valence-electron chi connectivity index (χ2n) is 5.79. The van der Waals surface area contributed by atoms with Gasteiger partial charge in [-0.15, -0.1) is 0 Å². The van der Waals surface area contributed by atoms with Crippen molar-refractivity contribution in [1.82, 2.24) is 10.3 Å². The number of hydrogen-bond acceptors (Lipinski definition) is 4. The molecule has 23 heavy (non-hydrogen) atoms. The van der Waals surface area contributed by atoms with E-state index in [1.807, 2.05) is 45.0 Å². The minimum Gasteiger partial charge on any atom is -0.491 e. The molecule has 4 nitrogen and oxygen atoms in total. The third kappa shape index (κ3) is 5.30. The molecule has 2 rings (SSSR count). The van der Waals surface area contributed by atoms with Crippen LogP contribution < -0.4 is 10.1 Å². The van der Waals surface area contributed by atoms with Gasteiger partial charge in [-0.2, -0.15) is 0 Å². The molecule has 2 atom stereocenters. The average molecular weight is 318 g/mol. The van der Waals surface area contributed by atoms with Crippen molar-refractivity contribution in [3.8, 4) is 5.75 Å². The van der Waals surface area contributed by atoms with Gasteiger partial charge in [-0.3, -0.25) is 4.98 Å². The number of nitrogens with zero attached hydrogens (tertiary/aromatic N) is 1. The number of aliphatic hydroxyl groups excluding tert-OH is 1. The topological polar surface area (TPSA) is 54.4 Å². The molecule has 0 bridgehead atoms. The van der Waals surface area contributed by atoms with Gasteiger partial charge in [0.15, 0.2) is 0 Å². The molecular formula is C18H23FN2O2. The van der Waals surface area contributed by atoms with Crippen LogP contribution in [0.1, 0.15) is 44.2 Å².